The van der Waals surface area contributed by atoms with Crippen LogP contribution in [0.15, 0.2) is 30.5 Å². The lowest BCUT2D eigenvalue weighted by Gasteiger charge is -2.28. The number of para-hydroxylation sites is 2. The molecule has 1 aromatic carbocycles. The maximum atomic E-state index is 12.7. The number of aromatic amines is 1. The number of aromatic nitrogens is 4. The van der Waals surface area contributed by atoms with E-state index < -0.39 is 0 Å². The molecule has 2 aromatic heterocycles. The fourth-order valence-corrected chi connectivity index (χ4v) is 4.12. The Balaban J connectivity index is 1.22. The van der Waals surface area contributed by atoms with E-state index >= 15 is 0 Å². The molecule has 2 aliphatic heterocycles. The van der Waals surface area contributed by atoms with E-state index in [2.05, 4.69) is 20.3 Å². The van der Waals surface area contributed by atoms with Crippen molar-refractivity contribution in [2.24, 2.45) is 0 Å². The molecule has 1 unspecified atom stereocenters. The molecule has 1 atom stereocenters. The van der Waals surface area contributed by atoms with Gasteiger partial charge in [0.15, 0.2) is 0 Å². The van der Waals surface area contributed by atoms with E-state index in [1.807, 2.05) is 35.4 Å². The fraction of sp³-hybridized carbons (Fsp3) is 0.429. The Morgan fingerprint density at radius 1 is 1.25 bits per heavy atom. The number of hydrogen-bond acceptors (Lipinski definition) is 5. The summed E-state index contributed by atoms with van der Waals surface area (Å²) in [7, 11) is 0. The van der Waals surface area contributed by atoms with Crippen LogP contribution in [0.25, 0.3) is 11.0 Å². The molecule has 7 heteroatoms. The number of nitrogens with zero attached hydrogens (tertiary/aromatic N) is 4. The van der Waals surface area contributed by atoms with Gasteiger partial charge in [0, 0.05) is 56.6 Å². The molecule has 2 N–H and O–H groups in total. The third kappa shape index (κ3) is 3.38. The topological polar surface area (TPSA) is 86.8 Å². The quantitative estimate of drug-likeness (QED) is 0.727. The third-order valence-electron chi connectivity index (χ3n) is 5.74. The van der Waals surface area contributed by atoms with Crippen molar-refractivity contribution in [3.05, 3.63) is 53.4 Å². The van der Waals surface area contributed by atoms with Gasteiger partial charge in [-0.1, -0.05) is 12.1 Å². The van der Waals surface area contributed by atoms with E-state index in [0.717, 1.165) is 66.4 Å². The van der Waals surface area contributed by atoms with Crippen molar-refractivity contribution in [2.45, 2.75) is 38.1 Å². The SMILES string of the molecule is O=C(CCc1nc2ccccc2[nH]1)N1CCc2nc(C3CCNC3)ncc2C1. The molecule has 1 fully saturated rings. The van der Waals surface area contributed by atoms with E-state index in [1.165, 1.54) is 0 Å². The van der Waals surface area contributed by atoms with Gasteiger partial charge in [-0.15, -0.1) is 0 Å². The Morgan fingerprint density at radius 3 is 3.04 bits per heavy atom. The van der Waals surface area contributed by atoms with Gasteiger partial charge < -0.3 is 15.2 Å². The molecule has 0 saturated carbocycles. The molecule has 3 aromatic rings. The molecule has 1 amide bonds. The number of hydrogen-bond donors (Lipinski definition) is 2. The lowest BCUT2D eigenvalue weighted by Crippen LogP contribution is -2.36. The highest BCUT2D eigenvalue weighted by molar-refractivity contribution is 5.77. The van der Waals surface area contributed by atoms with Crippen LogP contribution in [0, 0.1) is 0 Å². The first-order chi connectivity index (χ1) is 13.8. The van der Waals surface area contributed by atoms with Crippen LogP contribution in [0.3, 0.4) is 0 Å². The summed E-state index contributed by atoms with van der Waals surface area (Å²) in [6.45, 7) is 3.34. The smallest absolute Gasteiger partial charge is 0.223 e. The number of carbonyl (C=O) groups is 1. The van der Waals surface area contributed by atoms with Crippen LogP contribution in [-0.2, 0) is 24.2 Å². The summed E-state index contributed by atoms with van der Waals surface area (Å²) in [4.78, 5) is 31.9. The second kappa shape index (κ2) is 7.31. The normalized spacial score (nSPS) is 19.1. The second-order valence-corrected chi connectivity index (χ2v) is 7.66. The van der Waals surface area contributed by atoms with Gasteiger partial charge >= 0.3 is 0 Å². The maximum Gasteiger partial charge on any atom is 0.223 e. The molecule has 1 saturated heterocycles. The summed E-state index contributed by atoms with van der Waals surface area (Å²) in [6, 6.07) is 7.94. The molecule has 28 heavy (non-hydrogen) atoms. The van der Waals surface area contributed by atoms with Gasteiger partial charge in [-0.2, -0.15) is 0 Å². The van der Waals surface area contributed by atoms with Gasteiger partial charge in [-0.25, -0.2) is 15.0 Å². The standard InChI is InChI=1S/C21H24N6O/c28-20(6-5-19-24-17-3-1-2-4-18(17)25-19)27-10-8-16-15(13-27)12-23-21(26-16)14-7-9-22-11-14/h1-4,12,14,22H,5-11,13H2,(H,24,25). The molecule has 4 heterocycles. The summed E-state index contributed by atoms with van der Waals surface area (Å²) >= 11 is 0. The largest absolute Gasteiger partial charge is 0.342 e. The monoisotopic (exact) mass is 376 g/mol. The van der Waals surface area contributed by atoms with Gasteiger partial charge in [-0.05, 0) is 25.1 Å². The molecular weight excluding hydrogens is 352 g/mol. The number of benzene rings is 1. The Bertz CT molecular complexity index is 974. The second-order valence-electron chi connectivity index (χ2n) is 7.66. The van der Waals surface area contributed by atoms with Gasteiger partial charge in [0.1, 0.15) is 11.6 Å². The molecule has 5 rings (SSSR count). The van der Waals surface area contributed by atoms with Crippen molar-refractivity contribution in [2.75, 3.05) is 19.6 Å². The van der Waals surface area contributed by atoms with Gasteiger partial charge in [0.25, 0.3) is 0 Å². The minimum atomic E-state index is 0.162. The predicted molar refractivity (Wildman–Crippen MR) is 106 cm³/mol. The Morgan fingerprint density at radius 2 is 2.18 bits per heavy atom. The lowest BCUT2D eigenvalue weighted by atomic mass is 10.0. The summed E-state index contributed by atoms with van der Waals surface area (Å²) in [5.41, 5.74) is 4.15. The zero-order chi connectivity index (χ0) is 18.9. The van der Waals surface area contributed by atoms with Crippen LogP contribution >= 0.6 is 0 Å². The van der Waals surface area contributed by atoms with Crippen molar-refractivity contribution < 1.29 is 4.79 Å². The number of rotatable bonds is 4. The van der Waals surface area contributed by atoms with Crippen molar-refractivity contribution in [1.29, 1.82) is 0 Å². The molecule has 7 nitrogen and oxygen atoms in total. The number of amides is 1. The first-order valence-corrected chi connectivity index (χ1v) is 10.0. The number of aryl methyl sites for hydroxylation is 1. The van der Waals surface area contributed by atoms with E-state index in [0.29, 0.717) is 25.3 Å². The van der Waals surface area contributed by atoms with Crippen molar-refractivity contribution in [3.63, 3.8) is 0 Å². The molecule has 0 aliphatic carbocycles. The Labute approximate surface area is 163 Å². The highest BCUT2D eigenvalue weighted by atomic mass is 16.2. The highest BCUT2D eigenvalue weighted by Gasteiger charge is 2.25. The van der Waals surface area contributed by atoms with Crippen LogP contribution in [0.1, 0.15) is 41.7 Å². The Kier molecular flexibility index (Phi) is 4.52. The molecule has 0 bridgehead atoms. The zero-order valence-corrected chi connectivity index (χ0v) is 15.8. The number of H-pyrrole nitrogens is 1. The number of imidazole rings is 1. The molecule has 0 spiro atoms. The van der Waals surface area contributed by atoms with Crippen LogP contribution in [0.2, 0.25) is 0 Å². The molecular formula is C21H24N6O. The average Bonchev–Trinajstić information content (AvgIpc) is 3.40. The molecule has 0 radical (unpaired) electrons. The first-order valence-electron chi connectivity index (χ1n) is 10.0. The minimum Gasteiger partial charge on any atom is -0.342 e. The first kappa shape index (κ1) is 17.3. The van der Waals surface area contributed by atoms with Crippen LogP contribution < -0.4 is 5.32 Å². The third-order valence-corrected chi connectivity index (χ3v) is 5.74. The van der Waals surface area contributed by atoms with E-state index in [1.54, 1.807) is 0 Å². The van der Waals surface area contributed by atoms with Gasteiger partial charge in [-0.3, -0.25) is 4.79 Å². The maximum absolute atomic E-state index is 12.7. The highest BCUT2D eigenvalue weighted by Crippen LogP contribution is 2.23. The number of nitrogens with one attached hydrogen (secondary N) is 2. The van der Waals surface area contributed by atoms with Crippen molar-refractivity contribution >= 4 is 16.9 Å². The average molecular weight is 376 g/mol. The number of fused-ring (bicyclic) bond motifs is 2. The predicted octanol–water partition coefficient (Wildman–Crippen LogP) is 1.95. The minimum absolute atomic E-state index is 0.162. The summed E-state index contributed by atoms with van der Waals surface area (Å²) in [5.74, 6) is 2.41. The van der Waals surface area contributed by atoms with E-state index in [4.69, 9.17) is 4.98 Å². The fourth-order valence-electron chi connectivity index (χ4n) is 4.12. The summed E-state index contributed by atoms with van der Waals surface area (Å²) in [5, 5.41) is 3.37. The van der Waals surface area contributed by atoms with Gasteiger partial charge in [0.05, 0.1) is 16.7 Å². The lowest BCUT2D eigenvalue weighted by molar-refractivity contribution is -0.132. The summed E-state index contributed by atoms with van der Waals surface area (Å²) < 4.78 is 0. The van der Waals surface area contributed by atoms with Crippen molar-refractivity contribution in [3.8, 4) is 0 Å². The zero-order valence-electron chi connectivity index (χ0n) is 15.8. The van der Waals surface area contributed by atoms with Gasteiger partial charge in [0.2, 0.25) is 5.91 Å². The van der Waals surface area contributed by atoms with Crippen LogP contribution in [-0.4, -0.2) is 50.4 Å². The van der Waals surface area contributed by atoms with Crippen molar-refractivity contribution in [1.82, 2.24) is 30.2 Å². The Hall–Kier alpha value is -2.80. The van der Waals surface area contributed by atoms with Crippen LogP contribution in [0.5, 0.6) is 0 Å². The van der Waals surface area contributed by atoms with E-state index in [-0.39, 0.29) is 5.91 Å². The molecule has 2 aliphatic rings. The summed E-state index contributed by atoms with van der Waals surface area (Å²) in [6.07, 6.45) is 4.92. The van der Waals surface area contributed by atoms with E-state index in [9.17, 15) is 4.79 Å². The number of carbonyl (C=O) groups excluding carboxylic acids is 1. The van der Waals surface area contributed by atoms with Crippen LogP contribution in [0.4, 0.5) is 0 Å². The molecule has 144 valence electrons.